The molecule has 5 nitrogen and oxygen atoms in total. The molecule has 1 aromatic carbocycles. The predicted molar refractivity (Wildman–Crippen MR) is 91.0 cm³/mol. The number of benzene rings is 1. The summed E-state index contributed by atoms with van der Waals surface area (Å²) >= 11 is 0. The summed E-state index contributed by atoms with van der Waals surface area (Å²) < 4.78 is 48.7. The SMILES string of the molecule is CC1CN(CCCNC(=O)COc2cccc(C(F)(F)F)c2)CC(C)O1. The summed E-state index contributed by atoms with van der Waals surface area (Å²) in [5.41, 5.74) is -0.802. The van der Waals surface area contributed by atoms with Gasteiger partial charge in [-0.25, -0.2) is 0 Å². The molecule has 2 unspecified atom stereocenters. The van der Waals surface area contributed by atoms with Crippen LogP contribution in [-0.2, 0) is 15.7 Å². The van der Waals surface area contributed by atoms with Gasteiger partial charge >= 0.3 is 6.18 Å². The molecule has 1 aliphatic heterocycles. The first kappa shape index (κ1) is 20.5. The van der Waals surface area contributed by atoms with Crippen LogP contribution in [0.25, 0.3) is 0 Å². The Morgan fingerprint density at radius 3 is 2.65 bits per heavy atom. The van der Waals surface area contributed by atoms with E-state index in [-0.39, 0.29) is 30.5 Å². The van der Waals surface area contributed by atoms with Crippen LogP contribution in [0.4, 0.5) is 13.2 Å². The first-order valence-corrected chi connectivity index (χ1v) is 8.68. The summed E-state index contributed by atoms with van der Waals surface area (Å²) in [4.78, 5) is 14.1. The smallest absolute Gasteiger partial charge is 0.416 e. The minimum atomic E-state index is -4.43. The van der Waals surface area contributed by atoms with Crippen LogP contribution in [0.5, 0.6) is 5.75 Å². The van der Waals surface area contributed by atoms with Crippen LogP contribution < -0.4 is 10.1 Å². The van der Waals surface area contributed by atoms with Gasteiger partial charge in [-0.2, -0.15) is 13.2 Å². The molecule has 2 rings (SSSR count). The summed E-state index contributed by atoms with van der Waals surface area (Å²) in [6.07, 6.45) is -3.24. The van der Waals surface area contributed by atoms with E-state index in [1.807, 2.05) is 13.8 Å². The number of amides is 1. The van der Waals surface area contributed by atoms with Crippen molar-refractivity contribution in [2.45, 2.75) is 38.7 Å². The summed E-state index contributed by atoms with van der Waals surface area (Å²) in [6, 6.07) is 4.48. The highest BCUT2D eigenvalue weighted by molar-refractivity contribution is 5.77. The molecular formula is C18H25F3N2O3. The Morgan fingerprint density at radius 1 is 1.31 bits per heavy atom. The van der Waals surface area contributed by atoms with Crippen molar-refractivity contribution >= 4 is 5.91 Å². The number of nitrogens with zero attached hydrogens (tertiary/aromatic N) is 1. The highest BCUT2D eigenvalue weighted by Crippen LogP contribution is 2.31. The zero-order chi connectivity index (χ0) is 19.2. The Balaban J connectivity index is 1.65. The number of ether oxygens (including phenoxy) is 2. The van der Waals surface area contributed by atoms with Crippen LogP contribution >= 0.6 is 0 Å². The van der Waals surface area contributed by atoms with Crippen molar-refractivity contribution in [1.82, 2.24) is 10.2 Å². The van der Waals surface area contributed by atoms with Crippen molar-refractivity contribution in [2.24, 2.45) is 0 Å². The molecule has 0 spiro atoms. The zero-order valence-corrected chi connectivity index (χ0v) is 15.0. The number of carbonyl (C=O) groups excluding carboxylic acids is 1. The Bertz CT molecular complexity index is 585. The van der Waals surface area contributed by atoms with Crippen LogP contribution in [0.3, 0.4) is 0 Å². The van der Waals surface area contributed by atoms with Crippen LogP contribution in [-0.4, -0.2) is 55.8 Å². The number of halogens is 3. The topological polar surface area (TPSA) is 50.8 Å². The average Bonchev–Trinajstić information content (AvgIpc) is 2.55. The summed E-state index contributed by atoms with van der Waals surface area (Å²) in [5.74, 6) is -0.336. The van der Waals surface area contributed by atoms with Crippen molar-refractivity contribution in [3.05, 3.63) is 29.8 Å². The molecule has 0 aromatic heterocycles. The van der Waals surface area contributed by atoms with E-state index >= 15 is 0 Å². The molecule has 2 atom stereocenters. The van der Waals surface area contributed by atoms with Gasteiger partial charge in [0.15, 0.2) is 6.61 Å². The third-order valence-electron chi connectivity index (χ3n) is 4.00. The number of hydrogen-bond donors (Lipinski definition) is 1. The average molecular weight is 374 g/mol. The van der Waals surface area contributed by atoms with Gasteiger partial charge in [-0.15, -0.1) is 0 Å². The van der Waals surface area contributed by atoms with Gasteiger partial charge in [-0.3, -0.25) is 9.69 Å². The molecule has 1 heterocycles. The standard InChI is InChI=1S/C18H25F3N2O3/c1-13-10-23(11-14(2)26-13)8-4-7-22-17(24)12-25-16-6-3-5-15(9-16)18(19,20)21/h3,5-6,9,13-14H,4,7-8,10-12H2,1-2H3,(H,22,24). The molecule has 1 aromatic rings. The lowest BCUT2D eigenvalue weighted by Crippen LogP contribution is -2.46. The highest BCUT2D eigenvalue weighted by Gasteiger charge is 2.30. The van der Waals surface area contributed by atoms with E-state index in [0.29, 0.717) is 6.54 Å². The second kappa shape index (κ2) is 9.23. The van der Waals surface area contributed by atoms with E-state index < -0.39 is 11.7 Å². The molecule has 1 N–H and O–H groups in total. The number of morpholine rings is 1. The second-order valence-corrected chi connectivity index (χ2v) is 6.53. The largest absolute Gasteiger partial charge is 0.484 e. The number of alkyl halides is 3. The summed E-state index contributed by atoms with van der Waals surface area (Å²) in [5, 5.41) is 2.72. The van der Waals surface area contributed by atoms with E-state index in [2.05, 4.69) is 10.2 Å². The van der Waals surface area contributed by atoms with Gasteiger partial charge in [0, 0.05) is 26.2 Å². The van der Waals surface area contributed by atoms with E-state index in [1.54, 1.807) is 0 Å². The molecule has 1 amide bonds. The fraction of sp³-hybridized carbons (Fsp3) is 0.611. The normalized spacial score (nSPS) is 21.4. The monoisotopic (exact) mass is 374 g/mol. The quantitative estimate of drug-likeness (QED) is 0.746. The molecule has 26 heavy (non-hydrogen) atoms. The van der Waals surface area contributed by atoms with Gasteiger partial charge in [-0.05, 0) is 38.5 Å². The van der Waals surface area contributed by atoms with Gasteiger partial charge in [0.2, 0.25) is 0 Å². The fourth-order valence-electron chi connectivity index (χ4n) is 2.96. The van der Waals surface area contributed by atoms with Crippen LogP contribution in [0.2, 0.25) is 0 Å². The minimum Gasteiger partial charge on any atom is -0.484 e. The third-order valence-corrected chi connectivity index (χ3v) is 4.00. The van der Waals surface area contributed by atoms with Crippen molar-refractivity contribution in [2.75, 3.05) is 32.8 Å². The highest BCUT2D eigenvalue weighted by atomic mass is 19.4. The van der Waals surface area contributed by atoms with Gasteiger partial charge in [-0.1, -0.05) is 6.07 Å². The van der Waals surface area contributed by atoms with Crippen LogP contribution in [0.15, 0.2) is 24.3 Å². The van der Waals surface area contributed by atoms with E-state index in [1.165, 1.54) is 12.1 Å². The maximum Gasteiger partial charge on any atom is 0.416 e. The van der Waals surface area contributed by atoms with Crippen molar-refractivity contribution in [1.29, 1.82) is 0 Å². The number of nitrogens with one attached hydrogen (secondary N) is 1. The van der Waals surface area contributed by atoms with Gasteiger partial charge in [0.1, 0.15) is 5.75 Å². The van der Waals surface area contributed by atoms with Crippen LogP contribution in [0.1, 0.15) is 25.8 Å². The first-order chi connectivity index (χ1) is 12.2. The molecule has 8 heteroatoms. The fourth-order valence-corrected chi connectivity index (χ4v) is 2.96. The van der Waals surface area contributed by atoms with Gasteiger partial charge in [0.05, 0.1) is 17.8 Å². The lowest BCUT2D eigenvalue weighted by molar-refractivity contribution is -0.137. The number of rotatable bonds is 7. The Morgan fingerprint density at radius 2 is 2.00 bits per heavy atom. The van der Waals surface area contributed by atoms with Gasteiger partial charge in [0.25, 0.3) is 5.91 Å². The second-order valence-electron chi connectivity index (χ2n) is 6.53. The Kier molecular flexibility index (Phi) is 7.28. The van der Waals surface area contributed by atoms with Crippen molar-refractivity contribution in [3.8, 4) is 5.75 Å². The molecule has 0 bridgehead atoms. The number of hydrogen-bond acceptors (Lipinski definition) is 4. The molecule has 1 saturated heterocycles. The summed E-state index contributed by atoms with van der Waals surface area (Å²) in [6.45, 7) is 6.85. The van der Waals surface area contributed by atoms with Gasteiger partial charge < -0.3 is 14.8 Å². The van der Waals surface area contributed by atoms with Crippen molar-refractivity contribution < 1.29 is 27.4 Å². The Labute approximate surface area is 151 Å². The molecular weight excluding hydrogens is 349 g/mol. The molecule has 1 fully saturated rings. The zero-order valence-electron chi connectivity index (χ0n) is 15.0. The number of carbonyl (C=O) groups is 1. The lowest BCUT2D eigenvalue weighted by Gasteiger charge is -2.35. The molecule has 1 aliphatic rings. The Hall–Kier alpha value is -1.80. The minimum absolute atomic E-state index is 0.0197. The molecule has 0 radical (unpaired) electrons. The van der Waals surface area contributed by atoms with E-state index in [4.69, 9.17) is 9.47 Å². The van der Waals surface area contributed by atoms with Crippen LogP contribution in [0, 0.1) is 0 Å². The van der Waals surface area contributed by atoms with E-state index in [9.17, 15) is 18.0 Å². The maximum atomic E-state index is 12.6. The molecule has 0 aliphatic carbocycles. The predicted octanol–water partition coefficient (Wildman–Crippen LogP) is 2.70. The summed E-state index contributed by atoms with van der Waals surface area (Å²) in [7, 11) is 0. The first-order valence-electron chi connectivity index (χ1n) is 8.68. The molecule has 0 saturated carbocycles. The van der Waals surface area contributed by atoms with E-state index in [0.717, 1.165) is 38.2 Å². The third kappa shape index (κ3) is 6.84. The lowest BCUT2D eigenvalue weighted by atomic mass is 10.2. The van der Waals surface area contributed by atoms with Crippen molar-refractivity contribution in [3.63, 3.8) is 0 Å². The maximum absolute atomic E-state index is 12.6. The molecule has 146 valence electrons.